The first-order valence-electron chi connectivity index (χ1n) is 11.9. The first-order chi connectivity index (χ1) is 16.7. The van der Waals surface area contributed by atoms with Crippen molar-refractivity contribution < 1.29 is 19.3 Å². The molecule has 7 nitrogen and oxygen atoms in total. The summed E-state index contributed by atoms with van der Waals surface area (Å²) in [7, 11) is 0. The predicted octanol–water partition coefficient (Wildman–Crippen LogP) is 3.61. The molecule has 2 aliphatic rings. The van der Waals surface area contributed by atoms with Gasteiger partial charge in [-0.3, -0.25) is 9.80 Å². The number of fused-ring (bicyclic) bond motifs is 4. The number of aliphatic hydroxyl groups is 1. The lowest BCUT2D eigenvalue weighted by atomic mass is 10.1. The van der Waals surface area contributed by atoms with E-state index in [1.807, 2.05) is 30.3 Å². The second-order valence-electron chi connectivity index (χ2n) is 9.08. The molecule has 1 fully saturated rings. The Bertz CT molecular complexity index is 1300. The molecule has 0 saturated carbocycles. The molecule has 4 aromatic rings. The van der Waals surface area contributed by atoms with Gasteiger partial charge in [-0.25, -0.2) is 0 Å². The van der Waals surface area contributed by atoms with Crippen LogP contribution in [0.15, 0.2) is 60.7 Å². The van der Waals surface area contributed by atoms with Crippen LogP contribution in [-0.2, 0) is 6.54 Å². The Hall–Kier alpha value is -3.26. The van der Waals surface area contributed by atoms with E-state index in [0.717, 1.165) is 71.8 Å². The van der Waals surface area contributed by atoms with Gasteiger partial charge in [0.15, 0.2) is 11.5 Å². The molecule has 176 valence electrons. The lowest BCUT2D eigenvalue weighted by Crippen LogP contribution is -2.48. The normalized spacial score (nSPS) is 17.4. The Balaban J connectivity index is 1.01. The van der Waals surface area contributed by atoms with Crippen LogP contribution in [0.3, 0.4) is 0 Å². The summed E-state index contributed by atoms with van der Waals surface area (Å²) in [6.07, 6.45) is -0.541. The van der Waals surface area contributed by atoms with E-state index in [1.54, 1.807) is 0 Å². The molecule has 1 saturated heterocycles. The van der Waals surface area contributed by atoms with Gasteiger partial charge in [0.05, 0.1) is 5.52 Å². The van der Waals surface area contributed by atoms with Crippen LogP contribution in [0.5, 0.6) is 17.2 Å². The van der Waals surface area contributed by atoms with E-state index in [0.29, 0.717) is 13.3 Å². The number of aliphatic hydroxyl groups excluding tert-OH is 1. The molecule has 1 aromatic heterocycles. The van der Waals surface area contributed by atoms with E-state index in [9.17, 15) is 5.11 Å². The van der Waals surface area contributed by atoms with Crippen LogP contribution in [0.2, 0.25) is 0 Å². The molecule has 3 heterocycles. The SMILES string of the molecule is OC(COc1cccc2[nH]c3ccccc3c12)CN1CCN(Cc2ccc3c(c2)OCO3)CC1. The second-order valence-corrected chi connectivity index (χ2v) is 9.08. The molecule has 3 aromatic carbocycles. The third kappa shape index (κ3) is 4.30. The van der Waals surface area contributed by atoms with Crippen molar-refractivity contribution in [1.29, 1.82) is 0 Å². The van der Waals surface area contributed by atoms with Crippen molar-refractivity contribution in [3.8, 4) is 17.2 Å². The third-order valence-electron chi connectivity index (χ3n) is 6.70. The van der Waals surface area contributed by atoms with Crippen LogP contribution in [0.4, 0.5) is 0 Å². The van der Waals surface area contributed by atoms with E-state index in [-0.39, 0.29) is 6.61 Å². The molecule has 34 heavy (non-hydrogen) atoms. The van der Waals surface area contributed by atoms with Gasteiger partial charge in [-0.2, -0.15) is 0 Å². The van der Waals surface area contributed by atoms with Gasteiger partial charge in [-0.1, -0.05) is 30.3 Å². The van der Waals surface area contributed by atoms with Gasteiger partial charge >= 0.3 is 0 Å². The number of rotatable bonds is 7. The van der Waals surface area contributed by atoms with Gasteiger partial charge in [0, 0.05) is 55.6 Å². The number of aromatic amines is 1. The van der Waals surface area contributed by atoms with Gasteiger partial charge in [-0.15, -0.1) is 0 Å². The quantitative estimate of drug-likeness (QED) is 0.440. The minimum Gasteiger partial charge on any atom is -0.490 e. The molecule has 0 radical (unpaired) electrons. The van der Waals surface area contributed by atoms with Crippen molar-refractivity contribution in [3.05, 3.63) is 66.2 Å². The van der Waals surface area contributed by atoms with E-state index in [1.165, 1.54) is 5.56 Å². The molecule has 0 spiro atoms. The summed E-state index contributed by atoms with van der Waals surface area (Å²) in [5, 5.41) is 12.9. The van der Waals surface area contributed by atoms with Crippen LogP contribution in [-0.4, -0.2) is 72.1 Å². The number of hydrogen-bond donors (Lipinski definition) is 2. The number of piperazine rings is 1. The Morgan fingerprint density at radius 3 is 2.59 bits per heavy atom. The topological polar surface area (TPSA) is 70.2 Å². The maximum Gasteiger partial charge on any atom is 0.231 e. The molecule has 2 N–H and O–H groups in total. The Labute approximate surface area is 198 Å². The second kappa shape index (κ2) is 9.18. The first-order valence-corrected chi connectivity index (χ1v) is 11.9. The zero-order valence-corrected chi connectivity index (χ0v) is 19.1. The molecule has 0 amide bonds. The summed E-state index contributed by atoms with van der Waals surface area (Å²) in [6, 6.07) is 20.4. The molecule has 2 aliphatic heterocycles. The minimum absolute atomic E-state index is 0.274. The largest absolute Gasteiger partial charge is 0.490 e. The van der Waals surface area contributed by atoms with Gasteiger partial charge in [0.2, 0.25) is 6.79 Å². The van der Waals surface area contributed by atoms with Crippen molar-refractivity contribution in [3.63, 3.8) is 0 Å². The third-order valence-corrected chi connectivity index (χ3v) is 6.70. The summed E-state index contributed by atoms with van der Waals surface area (Å²) < 4.78 is 17.0. The van der Waals surface area contributed by atoms with E-state index in [2.05, 4.69) is 45.1 Å². The Kier molecular flexibility index (Phi) is 5.74. The fraction of sp³-hybridized carbons (Fsp3) is 0.333. The summed E-state index contributed by atoms with van der Waals surface area (Å²) in [5.74, 6) is 2.47. The Morgan fingerprint density at radius 2 is 1.68 bits per heavy atom. The van der Waals surface area contributed by atoms with E-state index in [4.69, 9.17) is 14.2 Å². The number of benzene rings is 3. The summed E-state index contributed by atoms with van der Waals surface area (Å²) in [4.78, 5) is 8.19. The lowest BCUT2D eigenvalue weighted by molar-refractivity contribution is 0.0450. The fourth-order valence-electron chi connectivity index (χ4n) is 4.95. The van der Waals surface area contributed by atoms with E-state index < -0.39 is 6.10 Å². The monoisotopic (exact) mass is 459 g/mol. The highest BCUT2D eigenvalue weighted by atomic mass is 16.7. The number of para-hydroxylation sites is 1. The number of H-pyrrole nitrogens is 1. The van der Waals surface area contributed by atoms with Crippen LogP contribution in [0.1, 0.15) is 5.56 Å². The van der Waals surface area contributed by atoms with E-state index >= 15 is 0 Å². The highest BCUT2D eigenvalue weighted by Gasteiger charge is 2.21. The van der Waals surface area contributed by atoms with Crippen LogP contribution in [0.25, 0.3) is 21.8 Å². The Morgan fingerprint density at radius 1 is 0.882 bits per heavy atom. The van der Waals surface area contributed by atoms with Gasteiger partial charge in [0.25, 0.3) is 0 Å². The maximum atomic E-state index is 10.7. The lowest BCUT2D eigenvalue weighted by Gasteiger charge is -2.35. The van der Waals surface area contributed by atoms with Crippen LogP contribution < -0.4 is 14.2 Å². The molecular weight excluding hydrogens is 430 g/mol. The number of nitrogens with one attached hydrogen (secondary N) is 1. The summed E-state index contributed by atoms with van der Waals surface area (Å²) in [5.41, 5.74) is 3.37. The fourth-order valence-corrected chi connectivity index (χ4v) is 4.95. The summed E-state index contributed by atoms with van der Waals surface area (Å²) >= 11 is 0. The predicted molar refractivity (Wildman–Crippen MR) is 132 cm³/mol. The molecular formula is C27H29N3O4. The maximum absolute atomic E-state index is 10.7. The summed E-state index contributed by atoms with van der Waals surface area (Å²) in [6.45, 7) is 5.88. The molecule has 7 heteroatoms. The number of hydrogen-bond acceptors (Lipinski definition) is 6. The molecule has 0 aliphatic carbocycles. The number of ether oxygens (including phenoxy) is 3. The van der Waals surface area contributed by atoms with Crippen LogP contribution >= 0.6 is 0 Å². The van der Waals surface area contributed by atoms with Crippen molar-refractivity contribution >= 4 is 21.8 Å². The zero-order valence-electron chi connectivity index (χ0n) is 19.1. The van der Waals surface area contributed by atoms with Gasteiger partial charge in [0.1, 0.15) is 18.5 Å². The smallest absolute Gasteiger partial charge is 0.231 e. The van der Waals surface area contributed by atoms with Crippen molar-refractivity contribution in [2.24, 2.45) is 0 Å². The van der Waals surface area contributed by atoms with Crippen LogP contribution in [0, 0.1) is 0 Å². The average Bonchev–Trinajstić information content (AvgIpc) is 3.48. The first kappa shape index (κ1) is 21.3. The average molecular weight is 460 g/mol. The zero-order chi connectivity index (χ0) is 22.9. The van der Waals surface area contributed by atoms with Crippen molar-refractivity contribution in [2.75, 3.05) is 46.1 Å². The van der Waals surface area contributed by atoms with Gasteiger partial charge in [-0.05, 0) is 35.9 Å². The number of aromatic nitrogens is 1. The minimum atomic E-state index is -0.541. The number of nitrogens with zero attached hydrogens (tertiary/aromatic N) is 2. The molecule has 1 unspecified atom stereocenters. The van der Waals surface area contributed by atoms with Crippen molar-refractivity contribution in [1.82, 2.24) is 14.8 Å². The number of β-amino-alcohol motifs (C(OH)–C–C–N with tert-alkyl or cyclic N) is 1. The standard InChI is InChI=1S/C27H29N3O4/c31-20(17-32-25-7-3-6-23-27(25)21-4-1-2-5-22(21)28-23)16-30-12-10-29(11-13-30)15-19-8-9-24-26(14-19)34-18-33-24/h1-9,14,20,28,31H,10-13,15-18H2. The van der Waals surface area contributed by atoms with Gasteiger partial charge < -0.3 is 24.3 Å². The van der Waals surface area contributed by atoms with Crippen molar-refractivity contribution in [2.45, 2.75) is 12.6 Å². The highest BCUT2D eigenvalue weighted by molar-refractivity contribution is 6.10. The highest BCUT2D eigenvalue weighted by Crippen LogP contribution is 2.34. The molecule has 0 bridgehead atoms. The molecule has 6 rings (SSSR count). The molecule has 1 atom stereocenters.